The van der Waals surface area contributed by atoms with Gasteiger partial charge in [0.25, 0.3) is 0 Å². The molecule has 1 aliphatic carbocycles. The van der Waals surface area contributed by atoms with Crippen molar-refractivity contribution in [1.29, 1.82) is 0 Å². The lowest BCUT2D eigenvalue weighted by Gasteiger charge is -2.13. The molecule has 0 heterocycles. The van der Waals surface area contributed by atoms with Crippen molar-refractivity contribution >= 4 is 12.4 Å². The van der Waals surface area contributed by atoms with E-state index in [9.17, 15) is 5.11 Å². The van der Waals surface area contributed by atoms with Gasteiger partial charge in [0.15, 0.2) is 0 Å². The normalized spacial score (nSPS) is 34.2. The number of nitrogens with two attached hydrogens (primary N) is 1. The standard InChI is InChI=1S/C7H15NO.ClH/c8-6-4-2-1-3-5-7(6)9;/h6-7,9H,1-5,8H2;1H. The van der Waals surface area contributed by atoms with Gasteiger partial charge in [-0.3, -0.25) is 0 Å². The fraction of sp³-hybridized carbons (Fsp3) is 1.00. The van der Waals surface area contributed by atoms with Crippen molar-refractivity contribution in [3.8, 4) is 0 Å². The number of hydrogen-bond donors (Lipinski definition) is 2. The largest absolute Gasteiger partial charge is 0.392 e. The molecule has 1 saturated carbocycles. The average Bonchev–Trinajstić information content (AvgIpc) is 1.99. The summed E-state index contributed by atoms with van der Waals surface area (Å²) in [4.78, 5) is 0. The van der Waals surface area contributed by atoms with Gasteiger partial charge >= 0.3 is 0 Å². The summed E-state index contributed by atoms with van der Waals surface area (Å²) in [6, 6.07) is 0.0486. The van der Waals surface area contributed by atoms with Crippen molar-refractivity contribution in [1.82, 2.24) is 0 Å². The predicted octanol–water partition coefficient (Wildman–Crippen LogP) is 1.06. The molecule has 0 aromatic rings. The number of hydrogen-bond acceptors (Lipinski definition) is 2. The zero-order valence-corrected chi connectivity index (χ0v) is 6.94. The van der Waals surface area contributed by atoms with E-state index in [1.165, 1.54) is 12.8 Å². The highest BCUT2D eigenvalue weighted by Crippen LogP contribution is 2.15. The van der Waals surface area contributed by atoms with E-state index in [4.69, 9.17) is 5.73 Å². The summed E-state index contributed by atoms with van der Waals surface area (Å²) in [5.74, 6) is 0. The van der Waals surface area contributed by atoms with Crippen molar-refractivity contribution in [2.45, 2.75) is 44.2 Å². The molecule has 0 radical (unpaired) electrons. The van der Waals surface area contributed by atoms with Crippen LogP contribution < -0.4 is 5.73 Å². The summed E-state index contributed by atoms with van der Waals surface area (Å²) < 4.78 is 0. The lowest BCUT2D eigenvalue weighted by Crippen LogP contribution is -2.33. The fourth-order valence-electron chi connectivity index (χ4n) is 1.32. The molecule has 10 heavy (non-hydrogen) atoms. The third kappa shape index (κ3) is 2.86. The molecule has 2 nitrogen and oxygen atoms in total. The Morgan fingerprint density at radius 1 is 1.10 bits per heavy atom. The Labute approximate surface area is 68.2 Å². The van der Waals surface area contributed by atoms with Crippen molar-refractivity contribution in [3.05, 3.63) is 0 Å². The molecule has 0 bridgehead atoms. The molecule has 1 aliphatic rings. The molecular weight excluding hydrogens is 150 g/mol. The van der Waals surface area contributed by atoms with Gasteiger partial charge in [-0.1, -0.05) is 19.3 Å². The van der Waals surface area contributed by atoms with Crippen LogP contribution in [0.2, 0.25) is 0 Å². The summed E-state index contributed by atoms with van der Waals surface area (Å²) in [6.07, 6.45) is 5.26. The van der Waals surface area contributed by atoms with Crippen molar-refractivity contribution in [2.24, 2.45) is 5.73 Å². The average molecular weight is 166 g/mol. The minimum absolute atomic E-state index is 0. The quantitative estimate of drug-likeness (QED) is 0.528. The van der Waals surface area contributed by atoms with Gasteiger partial charge in [-0.15, -0.1) is 12.4 Å². The Morgan fingerprint density at radius 3 is 2.40 bits per heavy atom. The SMILES string of the molecule is Cl.NC1CCCCCC1O. The molecule has 0 aromatic carbocycles. The van der Waals surface area contributed by atoms with Crippen molar-refractivity contribution < 1.29 is 5.11 Å². The van der Waals surface area contributed by atoms with Crippen LogP contribution in [0.15, 0.2) is 0 Å². The molecule has 0 saturated heterocycles. The minimum Gasteiger partial charge on any atom is -0.392 e. The lowest BCUT2D eigenvalue weighted by molar-refractivity contribution is 0.137. The molecule has 1 fully saturated rings. The minimum atomic E-state index is -0.229. The van der Waals surface area contributed by atoms with Gasteiger partial charge in [0, 0.05) is 6.04 Å². The van der Waals surface area contributed by atoms with Crippen LogP contribution in [0.1, 0.15) is 32.1 Å². The second-order valence-electron chi connectivity index (χ2n) is 2.87. The topological polar surface area (TPSA) is 46.2 Å². The Bertz CT molecular complexity index is 79.7. The molecule has 1 rings (SSSR count). The number of aliphatic hydroxyl groups is 1. The van der Waals surface area contributed by atoms with E-state index < -0.39 is 0 Å². The summed E-state index contributed by atoms with van der Waals surface area (Å²) in [7, 11) is 0. The molecule has 0 spiro atoms. The molecule has 3 N–H and O–H groups in total. The van der Waals surface area contributed by atoms with Gasteiger partial charge in [0.05, 0.1) is 6.10 Å². The molecule has 2 unspecified atom stereocenters. The van der Waals surface area contributed by atoms with Gasteiger partial charge < -0.3 is 10.8 Å². The van der Waals surface area contributed by atoms with Crippen LogP contribution in [0.25, 0.3) is 0 Å². The maximum Gasteiger partial charge on any atom is 0.0691 e. The smallest absolute Gasteiger partial charge is 0.0691 e. The van der Waals surface area contributed by atoms with E-state index in [1.807, 2.05) is 0 Å². The van der Waals surface area contributed by atoms with Crippen molar-refractivity contribution in [2.75, 3.05) is 0 Å². The molecular formula is C7H16ClNO. The molecule has 62 valence electrons. The summed E-state index contributed by atoms with van der Waals surface area (Å²) in [5, 5.41) is 9.23. The molecule has 0 aliphatic heterocycles. The molecule has 3 heteroatoms. The van der Waals surface area contributed by atoms with Gasteiger partial charge in [-0.25, -0.2) is 0 Å². The summed E-state index contributed by atoms with van der Waals surface area (Å²) in [6.45, 7) is 0. The summed E-state index contributed by atoms with van der Waals surface area (Å²) >= 11 is 0. The first-order valence-electron chi connectivity index (χ1n) is 3.74. The first-order valence-corrected chi connectivity index (χ1v) is 3.74. The van der Waals surface area contributed by atoms with E-state index in [-0.39, 0.29) is 24.6 Å². The fourth-order valence-corrected chi connectivity index (χ4v) is 1.32. The Kier molecular flexibility index (Phi) is 5.04. The van der Waals surface area contributed by atoms with Crippen LogP contribution in [0.4, 0.5) is 0 Å². The van der Waals surface area contributed by atoms with E-state index in [1.54, 1.807) is 0 Å². The second kappa shape index (κ2) is 4.94. The lowest BCUT2D eigenvalue weighted by atomic mass is 10.1. The van der Waals surface area contributed by atoms with Gasteiger partial charge in [0.2, 0.25) is 0 Å². The van der Waals surface area contributed by atoms with Crippen LogP contribution in [0.5, 0.6) is 0 Å². The Morgan fingerprint density at radius 2 is 1.70 bits per heavy atom. The number of halogens is 1. The highest BCUT2D eigenvalue weighted by molar-refractivity contribution is 5.85. The molecule has 2 atom stereocenters. The summed E-state index contributed by atoms with van der Waals surface area (Å²) in [5.41, 5.74) is 5.63. The third-order valence-electron chi connectivity index (χ3n) is 2.03. The monoisotopic (exact) mass is 165 g/mol. The van der Waals surface area contributed by atoms with E-state index >= 15 is 0 Å². The predicted molar refractivity (Wildman–Crippen MR) is 44.3 cm³/mol. The maximum atomic E-state index is 9.23. The Balaban J connectivity index is 0.000000810. The first kappa shape index (κ1) is 10.2. The van der Waals surface area contributed by atoms with E-state index in [0.717, 1.165) is 19.3 Å². The van der Waals surface area contributed by atoms with Crippen LogP contribution in [0.3, 0.4) is 0 Å². The van der Waals surface area contributed by atoms with Crippen LogP contribution in [0, 0.1) is 0 Å². The highest BCUT2D eigenvalue weighted by atomic mass is 35.5. The van der Waals surface area contributed by atoms with E-state index in [2.05, 4.69) is 0 Å². The van der Waals surface area contributed by atoms with Crippen LogP contribution in [-0.2, 0) is 0 Å². The third-order valence-corrected chi connectivity index (χ3v) is 2.03. The van der Waals surface area contributed by atoms with Gasteiger partial charge in [-0.05, 0) is 12.8 Å². The Hall–Kier alpha value is 0.210. The zero-order valence-electron chi connectivity index (χ0n) is 6.12. The van der Waals surface area contributed by atoms with Crippen molar-refractivity contribution in [3.63, 3.8) is 0 Å². The molecule has 0 aromatic heterocycles. The van der Waals surface area contributed by atoms with Crippen LogP contribution in [-0.4, -0.2) is 17.3 Å². The number of rotatable bonds is 0. The second-order valence-corrected chi connectivity index (χ2v) is 2.87. The number of aliphatic hydroxyl groups excluding tert-OH is 1. The highest BCUT2D eigenvalue weighted by Gasteiger charge is 2.16. The maximum absolute atomic E-state index is 9.23. The van der Waals surface area contributed by atoms with Gasteiger partial charge in [0.1, 0.15) is 0 Å². The van der Waals surface area contributed by atoms with Crippen LogP contribution >= 0.6 is 12.4 Å². The zero-order chi connectivity index (χ0) is 6.69. The van der Waals surface area contributed by atoms with E-state index in [0.29, 0.717) is 0 Å². The molecule has 0 amide bonds. The van der Waals surface area contributed by atoms with Gasteiger partial charge in [-0.2, -0.15) is 0 Å². The first-order chi connectivity index (χ1) is 4.30.